The second-order valence-electron chi connectivity index (χ2n) is 9.60. The summed E-state index contributed by atoms with van der Waals surface area (Å²) in [7, 11) is 0. The van der Waals surface area contributed by atoms with Crippen LogP contribution in [0.1, 0.15) is 61.8 Å². The molecule has 0 aromatic heterocycles. The molecule has 2 aromatic rings. The topological polar surface area (TPSA) is 108 Å². The number of guanidine groups is 2. The summed E-state index contributed by atoms with van der Waals surface area (Å²) in [4.78, 5) is 4.18. The van der Waals surface area contributed by atoms with Gasteiger partial charge in [0.2, 0.25) is 11.9 Å². The van der Waals surface area contributed by atoms with Gasteiger partial charge in [0.05, 0.1) is 11.4 Å². The summed E-state index contributed by atoms with van der Waals surface area (Å²) >= 11 is 0. The fraction of sp³-hybridized carbons (Fsp3) is 0.407. The van der Waals surface area contributed by atoms with Crippen LogP contribution in [-0.2, 0) is 6.42 Å². The number of benzene rings is 2. The molecule has 35 heavy (non-hydrogen) atoms. The second-order valence-corrected chi connectivity index (χ2v) is 9.60. The van der Waals surface area contributed by atoms with Gasteiger partial charge in [-0.25, -0.2) is 0 Å². The molecule has 3 aliphatic rings. The van der Waals surface area contributed by atoms with Gasteiger partial charge in [0, 0.05) is 26.2 Å². The van der Waals surface area contributed by atoms with E-state index in [0.717, 1.165) is 80.8 Å². The summed E-state index contributed by atoms with van der Waals surface area (Å²) < 4.78 is 0. The molecule has 2 fully saturated rings. The van der Waals surface area contributed by atoms with Crippen LogP contribution in [0, 0.1) is 0 Å². The van der Waals surface area contributed by atoms with Gasteiger partial charge in [-0.15, -0.1) is 10.2 Å². The van der Waals surface area contributed by atoms with Crippen LogP contribution in [0.2, 0.25) is 0 Å². The van der Waals surface area contributed by atoms with Gasteiger partial charge < -0.3 is 21.3 Å². The molecule has 8 nitrogen and oxygen atoms in total. The Morgan fingerprint density at radius 2 is 1.03 bits per heavy atom. The predicted octanol–water partition coefficient (Wildman–Crippen LogP) is 3.53. The van der Waals surface area contributed by atoms with Gasteiger partial charge in [-0.05, 0) is 91.5 Å². The maximum Gasteiger partial charge on any atom is 0.216 e. The average molecular weight is 471 g/mol. The van der Waals surface area contributed by atoms with E-state index in [9.17, 15) is 0 Å². The van der Waals surface area contributed by atoms with Crippen LogP contribution in [0.15, 0.2) is 56.8 Å². The van der Waals surface area contributed by atoms with Crippen molar-refractivity contribution in [1.82, 2.24) is 9.80 Å². The largest absolute Gasteiger partial charge is 0.368 e. The summed E-state index contributed by atoms with van der Waals surface area (Å²) in [6, 6.07) is 13.0. The number of nitrogens with two attached hydrogens (primary N) is 2. The van der Waals surface area contributed by atoms with Gasteiger partial charge in [0.1, 0.15) is 0 Å². The molecule has 8 heteroatoms. The quantitative estimate of drug-likeness (QED) is 0.345. The molecule has 5 rings (SSSR count). The lowest BCUT2D eigenvalue weighted by atomic mass is 10.0. The van der Waals surface area contributed by atoms with Crippen molar-refractivity contribution in [2.24, 2.45) is 31.9 Å². The molecule has 4 N–H and O–H groups in total. The lowest BCUT2D eigenvalue weighted by molar-refractivity contribution is 0.511. The minimum absolute atomic E-state index is 0.506. The lowest BCUT2D eigenvalue weighted by Crippen LogP contribution is -2.34. The van der Waals surface area contributed by atoms with Gasteiger partial charge in [0.15, 0.2) is 0 Å². The van der Waals surface area contributed by atoms with Crippen LogP contribution in [0.25, 0.3) is 11.1 Å². The van der Waals surface area contributed by atoms with E-state index < -0.39 is 0 Å². The molecule has 0 radical (unpaired) electrons. The minimum Gasteiger partial charge on any atom is -0.368 e. The first-order valence-corrected chi connectivity index (χ1v) is 12.5. The standard InChI is InChI=1S/C27H34N8/c1-18(30-32-26(28)34-11-3-4-12-34)20-7-9-24-22(15-20)17-23-16-21(8-10-25(23)24)19(2)31-33-27(29)35-13-5-6-14-35/h7-10,15-16H,3-6,11-14,17H2,1-2H3,(H2,28,32)(H2,29,33). The number of rotatable bonds is 4. The molecule has 2 heterocycles. The molecule has 1 aliphatic carbocycles. The molecule has 0 atom stereocenters. The van der Waals surface area contributed by atoms with Crippen molar-refractivity contribution < 1.29 is 0 Å². The Kier molecular flexibility index (Phi) is 6.53. The molecular formula is C27H34N8. The van der Waals surface area contributed by atoms with Crippen LogP contribution < -0.4 is 11.5 Å². The van der Waals surface area contributed by atoms with Crippen LogP contribution in [0.3, 0.4) is 0 Å². The van der Waals surface area contributed by atoms with Gasteiger partial charge in [-0.1, -0.05) is 24.3 Å². The Bertz CT molecular complexity index is 1130. The van der Waals surface area contributed by atoms with E-state index in [1.165, 1.54) is 22.3 Å². The maximum absolute atomic E-state index is 6.10. The summed E-state index contributed by atoms with van der Waals surface area (Å²) in [6.45, 7) is 7.82. The Labute approximate surface area is 207 Å². The molecule has 2 saturated heterocycles. The zero-order valence-corrected chi connectivity index (χ0v) is 20.7. The molecule has 182 valence electrons. The van der Waals surface area contributed by atoms with E-state index in [1.54, 1.807) is 0 Å². The van der Waals surface area contributed by atoms with Crippen molar-refractivity contribution in [3.63, 3.8) is 0 Å². The normalized spacial score (nSPS) is 18.9. The Morgan fingerprint density at radius 1 is 0.629 bits per heavy atom. The number of hydrogen-bond donors (Lipinski definition) is 2. The van der Waals surface area contributed by atoms with Crippen LogP contribution in [0.5, 0.6) is 0 Å². The lowest BCUT2D eigenvalue weighted by Gasteiger charge is -2.14. The number of nitrogens with zero attached hydrogens (tertiary/aromatic N) is 6. The van der Waals surface area contributed by atoms with Crippen LogP contribution in [-0.4, -0.2) is 59.3 Å². The van der Waals surface area contributed by atoms with E-state index >= 15 is 0 Å². The van der Waals surface area contributed by atoms with Crippen molar-refractivity contribution in [3.8, 4) is 11.1 Å². The monoisotopic (exact) mass is 470 g/mol. The third-order valence-corrected chi connectivity index (χ3v) is 7.18. The zero-order chi connectivity index (χ0) is 24.4. The zero-order valence-electron chi connectivity index (χ0n) is 20.7. The second kappa shape index (κ2) is 9.90. The van der Waals surface area contributed by atoms with Crippen LogP contribution in [0.4, 0.5) is 0 Å². The number of likely N-dealkylation sites (tertiary alicyclic amines) is 2. The van der Waals surface area contributed by atoms with E-state index in [2.05, 4.69) is 66.6 Å². The van der Waals surface area contributed by atoms with E-state index in [1.807, 2.05) is 13.8 Å². The van der Waals surface area contributed by atoms with Gasteiger partial charge in [0.25, 0.3) is 0 Å². The fourth-order valence-corrected chi connectivity index (χ4v) is 5.05. The van der Waals surface area contributed by atoms with Crippen molar-refractivity contribution >= 4 is 23.3 Å². The van der Waals surface area contributed by atoms with Gasteiger partial charge in [-0.3, -0.25) is 0 Å². The highest BCUT2D eigenvalue weighted by Crippen LogP contribution is 2.37. The van der Waals surface area contributed by atoms with Gasteiger partial charge in [-0.2, -0.15) is 10.2 Å². The molecule has 2 aliphatic heterocycles. The Balaban J connectivity index is 1.32. The third kappa shape index (κ3) is 4.92. The first kappa shape index (κ1) is 23.1. The molecule has 2 aromatic carbocycles. The van der Waals surface area contributed by atoms with E-state index in [4.69, 9.17) is 11.5 Å². The van der Waals surface area contributed by atoms with Crippen LogP contribution >= 0.6 is 0 Å². The summed E-state index contributed by atoms with van der Waals surface area (Å²) in [5.74, 6) is 1.01. The molecule has 0 unspecified atom stereocenters. The maximum atomic E-state index is 6.10. The molecule has 0 spiro atoms. The fourth-order valence-electron chi connectivity index (χ4n) is 5.05. The summed E-state index contributed by atoms with van der Waals surface area (Å²) in [5.41, 5.74) is 21.2. The molecule has 0 amide bonds. The van der Waals surface area contributed by atoms with E-state index in [0.29, 0.717) is 11.9 Å². The minimum atomic E-state index is 0.506. The van der Waals surface area contributed by atoms with Gasteiger partial charge >= 0.3 is 0 Å². The molecule has 0 saturated carbocycles. The van der Waals surface area contributed by atoms with Crippen molar-refractivity contribution in [2.45, 2.75) is 46.0 Å². The Morgan fingerprint density at radius 3 is 1.43 bits per heavy atom. The number of hydrogen-bond acceptors (Lipinski definition) is 4. The number of fused-ring (bicyclic) bond motifs is 3. The smallest absolute Gasteiger partial charge is 0.216 e. The average Bonchev–Trinajstić information content (AvgIpc) is 3.65. The Hall–Kier alpha value is -3.68. The third-order valence-electron chi connectivity index (χ3n) is 7.18. The highest BCUT2D eigenvalue weighted by Gasteiger charge is 2.20. The first-order valence-electron chi connectivity index (χ1n) is 12.5. The summed E-state index contributed by atoms with van der Waals surface area (Å²) in [6.07, 6.45) is 5.54. The predicted molar refractivity (Wildman–Crippen MR) is 144 cm³/mol. The SMILES string of the molecule is CC(=NN=C(N)N1CCCC1)c1ccc2c(c1)Cc1cc(C(C)=NN=C(N)N3CCCC3)ccc1-2. The highest BCUT2D eigenvalue weighted by molar-refractivity contribution is 6.01. The first-order chi connectivity index (χ1) is 17.0. The summed E-state index contributed by atoms with van der Waals surface area (Å²) in [5, 5.41) is 17.4. The molecular weight excluding hydrogens is 436 g/mol. The van der Waals surface area contributed by atoms with Crippen molar-refractivity contribution in [2.75, 3.05) is 26.2 Å². The molecule has 0 bridgehead atoms. The van der Waals surface area contributed by atoms with E-state index in [-0.39, 0.29) is 0 Å². The van der Waals surface area contributed by atoms with Crippen molar-refractivity contribution in [1.29, 1.82) is 0 Å². The highest BCUT2D eigenvalue weighted by atomic mass is 15.4. The van der Waals surface area contributed by atoms with Crippen molar-refractivity contribution in [3.05, 3.63) is 58.7 Å².